The lowest BCUT2D eigenvalue weighted by atomic mass is 10.1. The fraction of sp³-hybridized carbons (Fsp3) is 0.316. The molecular weight excluding hydrogens is 428 g/mol. The molecule has 0 radical (unpaired) electrons. The minimum absolute atomic E-state index is 0.317. The van der Waals surface area contributed by atoms with Gasteiger partial charge in [-0.15, -0.1) is 0 Å². The summed E-state index contributed by atoms with van der Waals surface area (Å²) in [6.07, 6.45) is -14.7. The van der Waals surface area contributed by atoms with Crippen molar-refractivity contribution in [3.63, 3.8) is 0 Å². The third-order valence-corrected chi connectivity index (χ3v) is 3.73. The molecule has 0 N–H and O–H groups in total. The third kappa shape index (κ3) is 5.61. The van der Waals surface area contributed by atoms with Crippen molar-refractivity contribution in [1.82, 2.24) is 0 Å². The van der Waals surface area contributed by atoms with E-state index in [0.717, 1.165) is 12.5 Å². The zero-order valence-electron chi connectivity index (χ0n) is 15.2. The molecule has 2 rings (SSSR count). The highest BCUT2D eigenvalue weighted by molar-refractivity contribution is 5.91. The van der Waals surface area contributed by atoms with Crippen LogP contribution in [0.1, 0.15) is 29.3 Å². The monoisotopic (exact) mass is 442 g/mol. The third-order valence-electron chi connectivity index (χ3n) is 3.73. The maximum Gasteiger partial charge on any atom is 0.439 e. The number of alkyl halides is 6. The Morgan fingerprint density at radius 2 is 1.57 bits per heavy atom. The molecule has 0 aliphatic rings. The van der Waals surface area contributed by atoms with E-state index in [1.54, 1.807) is 0 Å². The molecule has 0 saturated carbocycles. The summed E-state index contributed by atoms with van der Waals surface area (Å²) in [4.78, 5) is 12.0. The summed E-state index contributed by atoms with van der Waals surface area (Å²) in [5.41, 5.74) is 0.0705. The van der Waals surface area contributed by atoms with Gasteiger partial charge in [0.15, 0.2) is 23.1 Å². The van der Waals surface area contributed by atoms with E-state index in [0.29, 0.717) is 30.2 Å². The van der Waals surface area contributed by atoms with Crippen LogP contribution in [0.15, 0.2) is 36.4 Å². The first-order valence-corrected chi connectivity index (χ1v) is 8.43. The van der Waals surface area contributed by atoms with Gasteiger partial charge in [-0.05, 0) is 42.3 Å². The zero-order valence-corrected chi connectivity index (χ0v) is 15.2. The van der Waals surface area contributed by atoms with Gasteiger partial charge in [-0.25, -0.2) is 18.0 Å². The summed E-state index contributed by atoms with van der Waals surface area (Å²) in [6, 6.07) is 5.20. The lowest BCUT2D eigenvalue weighted by molar-refractivity contribution is -0.305. The smallest absolute Gasteiger partial charge is 0.427 e. The number of halogens is 8. The second-order valence-electron chi connectivity index (χ2n) is 6.12. The second kappa shape index (κ2) is 8.88. The van der Waals surface area contributed by atoms with Gasteiger partial charge in [0.2, 0.25) is 0 Å². The number of hydrogen-bond acceptors (Lipinski definition) is 3. The molecule has 0 heterocycles. The molecule has 0 bridgehead atoms. The molecule has 2 aromatic carbocycles. The van der Waals surface area contributed by atoms with Gasteiger partial charge in [0, 0.05) is 0 Å². The van der Waals surface area contributed by atoms with E-state index in [2.05, 4.69) is 4.74 Å². The summed E-state index contributed by atoms with van der Waals surface area (Å²) in [5.74, 6) is -5.73. The van der Waals surface area contributed by atoms with Crippen LogP contribution in [-0.2, 0) is 6.42 Å². The Hall–Kier alpha value is -2.85. The van der Waals surface area contributed by atoms with Crippen molar-refractivity contribution in [2.45, 2.75) is 38.2 Å². The molecular formula is C19H14F8O3. The molecule has 30 heavy (non-hydrogen) atoms. The standard InChI is InChI=1S/C19H14F8O3/c1-2-3-10-4-6-14(12(20)8-10)29-16(28)11-5-7-15(13(21)9-11)30-19(26,27)17(22)18(23,24)25/h4-9,17H,2-3H2,1H3. The van der Waals surface area contributed by atoms with Gasteiger partial charge in [0.25, 0.3) is 6.17 Å². The van der Waals surface area contributed by atoms with Gasteiger partial charge in [-0.3, -0.25) is 0 Å². The molecule has 0 aliphatic heterocycles. The fourth-order valence-corrected chi connectivity index (χ4v) is 2.33. The maximum absolute atomic E-state index is 14.0. The highest BCUT2D eigenvalue weighted by Crippen LogP contribution is 2.37. The minimum Gasteiger partial charge on any atom is -0.427 e. The van der Waals surface area contributed by atoms with Crippen LogP contribution in [0.25, 0.3) is 0 Å². The molecule has 0 saturated heterocycles. The number of benzene rings is 2. The van der Waals surface area contributed by atoms with Crippen molar-refractivity contribution in [1.29, 1.82) is 0 Å². The predicted octanol–water partition coefficient (Wildman–Crippen LogP) is 6.01. The minimum atomic E-state index is -5.94. The number of hydrogen-bond donors (Lipinski definition) is 0. The van der Waals surface area contributed by atoms with Gasteiger partial charge in [0.05, 0.1) is 5.56 Å². The number of esters is 1. The highest BCUT2D eigenvalue weighted by atomic mass is 19.4. The summed E-state index contributed by atoms with van der Waals surface area (Å²) >= 11 is 0. The van der Waals surface area contributed by atoms with Gasteiger partial charge in [0.1, 0.15) is 0 Å². The molecule has 0 spiro atoms. The van der Waals surface area contributed by atoms with Crippen LogP contribution in [0.5, 0.6) is 11.5 Å². The van der Waals surface area contributed by atoms with E-state index in [1.807, 2.05) is 6.92 Å². The molecule has 3 nitrogen and oxygen atoms in total. The first kappa shape index (κ1) is 23.4. The van der Waals surface area contributed by atoms with Crippen molar-refractivity contribution in [3.05, 3.63) is 59.2 Å². The van der Waals surface area contributed by atoms with Crippen molar-refractivity contribution >= 4 is 5.97 Å². The average molecular weight is 442 g/mol. The van der Waals surface area contributed by atoms with Gasteiger partial charge in [-0.1, -0.05) is 19.4 Å². The maximum atomic E-state index is 14.0. The van der Waals surface area contributed by atoms with Crippen molar-refractivity contribution in [3.8, 4) is 11.5 Å². The van der Waals surface area contributed by atoms with Crippen LogP contribution < -0.4 is 9.47 Å². The first-order valence-electron chi connectivity index (χ1n) is 8.43. The number of aryl methyl sites for hydroxylation is 1. The fourth-order valence-electron chi connectivity index (χ4n) is 2.33. The molecule has 0 aromatic heterocycles. The topological polar surface area (TPSA) is 35.5 Å². The van der Waals surface area contributed by atoms with Crippen LogP contribution >= 0.6 is 0 Å². The normalized spacial score (nSPS) is 13.1. The molecule has 0 amide bonds. The van der Waals surface area contributed by atoms with Crippen LogP contribution in [-0.4, -0.2) is 24.4 Å². The van der Waals surface area contributed by atoms with E-state index in [-0.39, 0.29) is 0 Å². The Bertz CT molecular complexity index is 911. The van der Waals surface area contributed by atoms with Crippen molar-refractivity contribution < 1.29 is 49.4 Å². The quantitative estimate of drug-likeness (QED) is 0.299. The number of rotatable bonds is 7. The van der Waals surface area contributed by atoms with Crippen LogP contribution in [0.2, 0.25) is 0 Å². The molecule has 0 fully saturated rings. The van der Waals surface area contributed by atoms with E-state index in [1.165, 1.54) is 12.1 Å². The van der Waals surface area contributed by atoms with E-state index in [4.69, 9.17) is 4.74 Å². The van der Waals surface area contributed by atoms with Crippen molar-refractivity contribution in [2.75, 3.05) is 0 Å². The number of ether oxygens (including phenoxy) is 2. The largest absolute Gasteiger partial charge is 0.439 e. The van der Waals surface area contributed by atoms with Crippen LogP contribution in [0.4, 0.5) is 35.1 Å². The van der Waals surface area contributed by atoms with Gasteiger partial charge < -0.3 is 9.47 Å². The molecule has 0 aliphatic carbocycles. The van der Waals surface area contributed by atoms with E-state index >= 15 is 0 Å². The molecule has 1 unspecified atom stereocenters. The zero-order chi connectivity index (χ0) is 22.7. The first-order chi connectivity index (χ1) is 13.8. The number of carbonyl (C=O) groups excluding carboxylic acids is 1. The Morgan fingerprint density at radius 1 is 0.967 bits per heavy atom. The van der Waals surface area contributed by atoms with E-state index in [9.17, 15) is 39.9 Å². The Labute approximate surface area is 165 Å². The summed E-state index contributed by atoms with van der Waals surface area (Å²) in [5, 5.41) is 0. The van der Waals surface area contributed by atoms with Crippen LogP contribution in [0, 0.1) is 11.6 Å². The molecule has 164 valence electrons. The second-order valence-corrected chi connectivity index (χ2v) is 6.12. The predicted molar refractivity (Wildman–Crippen MR) is 88.3 cm³/mol. The summed E-state index contributed by atoms with van der Waals surface area (Å²) in [7, 11) is 0. The lowest BCUT2D eigenvalue weighted by Gasteiger charge is -2.23. The van der Waals surface area contributed by atoms with Gasteiger partial charge in [-0.2, -0.15) is 22.0 Å². The Morgan fingerprint density at radius 3 is 2.10 bits per heavy atom. The molecule has 2 aromatic rings. The molecule has 11 heteroatoms. The summed E-state index contributed by atoms with van der Waals surface area (Å²) in [6.45, 7) is 1.88. The lowest BCUT2D eigenvalue weighted by Crippen LogP contribution is -2.45. The Balaban J connectivity index is 2.16. The van der Waals surface area contributed by atoms with Crippen molar-refractivity contribution in [2.24, 2.45) is 0 Å². The van der Waals surface area contributed by atoms with E-state index < -0.39 is 53.1 Å². The average Bonchev–Trinajstić information content (AvgIpc) is 2.64. The number of carbonyl (C=O) groups is 1. The Kier molecular flexibility index (Phi) is 6.94. The SMILES string of the molecule is CCCc1ccc(OC(=O)c2ccc(OC(F)(F)C(F)C(F)(F)F)c(F)c2)c(F)c1. The van der Waals surface area contributed by atoms with Gasteiger partial charge >= 0.3 is 18.3 Å². The van der Waals surface area contributed by atoms with Crippen LogP contribution in [0.3, 0.4) is 0 Å². The molecule has 1 atom stereocenters. The summed E-state index contributed by atoms with van der Waals surface area (Å²) < 4.78 is 112. The highest BCUT2D eigenvalue weighted by Gasteiger charge is 2.59.